The first kappa shape index (κ1) is 25.2. The fourth-order valence-electron chi connectivity index (χ4n) is 3.90. The van der Waals surface area contributed by atoms with Crippen molar-refractivity contribution in [1.82, 2.24) is 14.9 Å². The van der Waals surface area contributed by atoms with Crippen molar-refractivity contribution in [3.63, 3.8) is 0 Å². The Balaban J connectivity index is 1.86. The molecule has 0 bridgehead atoms. The van der Waals surface area contributed by atoms with Crippen molar-refractivity contribution in [2.45, 2.75) is 76.0 Å². The molecule has 2 aliphatic rings. The molecular formula is C20H28ClFN4O7. The van der Waals surface area contributed by atoms with Crippen LogP contribution in [0.1, 0.15) is 40.8 Å². The summed E-state index contributed by atoms with van der Waals surface area (Å²) in [6.07, 6.45) is -5.03. The van der Waals surface area contributed by atoms with E-state index < -0.39 is 70.9 Å². The number of ether oxygens (including phenoxy) is 3. The maximum absolute atomic E-state index is 15.7. The number of alkyl halides is 2. The predicted octanol–water partition coefficient (Wildman–Crippen LogP) is 0.876. The van der Waals surface area contributed by atoms with Crippen molar-refractivity contribution in [3.05, 3.63) is 22.7 Å². The molecule has 1 aliphatic carbocycles. The van der Waals surface area contributed by atoms with Crippen molar-refractivity contribution in [2.75, 3.05) is 11.6 Å². The van der Waals surface area contributed by atoms with E-state index in [9.17, 15) is 19.5 Å². The lowest BCUT2D eigenvalue weighted by Gasteiger charge is -2.27. The third kappa shape index (κ3) is 4.15. The monoisotopic (exact) mass is 490 g/mol. The Labute approximate surface area is 194 Å². The van der Waals surface area contributed by atoms with Crippen LogP contribution in [0.15, 0.2) is 17.1 Å². The standard InChI is InChI=1S/C20H28ClFN4O7/c1-9(2)11(25-17(30)33-18(3,4)5)14(27)32-20-12(22)13(31-19(20,8-21)15(20)28)26-7-6-10(23)24-16(26)29/h6-7,9,11-13,15,28H,8H2,1-5H3,(H,25,30)(H2,23,24,29)/t11?,12-,13+,15?,19+,20+/m0/s1. The Hall–Kier alpha value is -2.44. The molecule has 2 fully saturated rings. The van der Waals surface area contributed by atoms with Crippen LogP contribution in [-0.2, 0) is 19.0 Å². The van der Waals surface area contributed by atoms with Gasteiger partial charge in [0.05, 0.1) is 5.88 Å². The van der Waals surface area contributed by atoms with Gasteiger partial charge in [-0.3, -0.25) is 4.57 Å². The lowest BCUT2D eigenvalue weighted by molar-refractivity contribution is -0.163. The zero-order valence-corrected chi connectivity index (χ0v) is 19.6. The second-order valence-corrected chi connectivity index (χ2v) is 9.73. The molecule has 184 valence electrons. The topological polar surface area (TPSA) is 155 Å². The quantitative estimate of drug-likeness (QED) is 0.389. The minimum atomic E-state index is -2.18. The molecule has 0 radical (unpaired) electrons. The third-order valence-electron chi connectivity index (χ3n) is 5.60. The van der Waals surface area contributed by atoms with Gasteiger partial charge in [0, 0.05) is 6.20 Å². The van der Waals surface area contributed by atoms with E-state index in [4.69, 9.17) is 31.5 Å². The smallest absolute Gasteiger partial charge is 0.408 e. The highest BCUT2D eigenvalue weighted by Gasteiger charge is 2.91. The number of esters is 1. The normalized spacial score (nSPS) is 31.6. The summed E-state index contributed by atoms with van der Waals surface area (Å²) in [5.74, 6) is -1.99. The number of carbonyl (C=O) groups excluding carboxylic acids is 2. The van der Waals surface area contributed by atoms with Gasteiger partial charge in [0.15, 0.2) is 18.0 Å². The minimum Gasteiger partial charge on any atom is -0.448 e. The first-order chi connectivity index (χ1) is 15.2. The van der Waals surface area contributed by atoms with Gasteiger partial charge < -0.3 is 30.4 Å². The third-order valence-corrected chi connectivity index (χ3v) is 6.00. The molecule has 4 N–H and O–H groups in total. The Morgan fingerprint density at radius 3 is 2.61 bits per heavy atom. The van der Waals surface area contributed by atoms with E-state index in [-0.39, 0.29) is 5.82 Å². The van der Waals surface area contributed by atoms with Crippen molar-refractivity contribution in [1.29, 1.82) is 0 Å². The van der Waals surface area contributed by atoms with Crippen LogP contribution in [-0.4, -0.2) is 67.7 Å². The van der Waals surface area contributed by atoms with Crippen LogP contribution < -0.4 is 16.7 Å². The maximum atomic E-state index is 15.7. The fraction of sp³-hybridized carbons (Fsp3) is 0.700. The number of amides is 1. The van der Waals surface area contributed by atoms with Gasteiger partial charge in [-0.05, 0) is 32.8 Å². The second kappa shape index (κ2) is 8.41. The number of nitrogen functional groups attached to an aromatic ring is 1. The van der Waals surface area contributed by atoms with E-state index in [0.717, 1.165) is 4.57 Å². The number of nitrogens with zero attached hydrogens (tertiary/aromatic N) is 2. The number of anilines is 1. The van der Waals surface area contributed by atoms with E-state index >= 15 is 4.39 Å². The first-order valence-corrected chi connectivity index (χ1v) is 10.9. The summed E-state index contributed by atoms with van der Waals surface area (Å²) in [6, 6.07) is 0.0471. The van der Waals surface area contributed by atoms with E-state index in [0.29, 0.717) is 0 Å². The maximum Gasteiger partial charge on any atom is 0.408 e. The predicted molar refractivity (Wildman–Crippen MR) is 114 cm³/mol. The number of halogens is 2. The highest BCUT2D eigenvalue weighted by atomic mass is 35.5. The van der Waals surface area contributed by atoms with Crippen LogP contribution in [0.2, 0.25) is 0 Å². The lowest BCUT2D eigenvalue weighted by Crippen LogP contribution is -2.50. The summed E-state index contributed by atoms with van der Waals surface area (Å²) < 4.78 is 32.8. The minimum absolute atomic E-state index is 0.0731. The van der Waals surface area contributed by atoms with Crippen LogP contribution in [0.25, 0.3) is 0 Å². The highest BCUT2D eigenvalue weighted by molar-refractivity contribution is 6.19. The summed E-state index contributed by atoms with van der Waals surface area (Å²) in [5.41, 5.74) is -0.207. The zero-order chi connectivity index (χ0) is 24.9. The van der Waals surface area contributed by atoms with E-state index in [2.05, 4.69) is 10.3 Å². The molecule has 1 aromatic rings. The molecule has 13 heteroatoms. The molecular weight excluding hydrogens is 463 g/mol. The number of aliphatic hydroxyl groups excluding tert-OH is 1. The molecule has 2 unspecified atom stereocenters. The number of fused-ring (bicyclic) bond motifs is 1. The van der Waals surface area contributed by atoms with Crippen molar-refractivity contribution >= 4 is 29.5 Å². The highest BCUT2D eigenvalue weighted by Crippen LogP contribution is 2.66. The molecule has 0 aromatic carbocycles. The Kier molecular flexibility index (Phi) is 6.42. The van der Waals surface area contributed by atoms with Crippen LogP contribution in [0.4, 0.5) is 15.0 Å². The van der Waals surface area contributed by atoms with Gasteiger partial charge >= 0.3 is 17.8 Å². The number of hydrogen-bond acceptors (Lipinski definition) is 9. The molecule has 33 heavy (non-hydrogen) atoms. The first-order valence-electron chi connectivity index (χ1n) is 10.3. The van der Waals surface area contributed by atoms with Gasteiger partial charge in [-0.15, -0.1) is 11.6 Å². The van der Waals surface area contributed by atoms with Gasteiger partial charge in [0.25, 0.3) is 0 Å². The van der Waals surface area contributed by atoms with Crippen molar-refractivity contribution in [3.8, 4) is 0 Å². The van der Waals surface area contributed by atoms with Gasteiger partial charge in [0.1, 0.15) is 23.6 Å². The fourth-order valence-corrected chi connectivity index (χ4v) is 4.32. The number of nitrogens with one attached hydrogen (secondary N) is 1. The SMILES string of the molecule is CC(C)C(NC(=O)OC(C)(C)C)C(=O)O[C@]12C(O)[C@@]1(CCl)O[C@@H](n1ccc(N)nc1=O)[C@@H]2F. The van der Waals surface area contributed by atoms with Crippen LogP contribution in [0.3, 0.4) is 0 Å². The van der Waals surface area contributed by atoms with Gasteiger partial charge in [0.2, 0.25) is 5.60 Å². The average Bonchev–Trinajstić information content (AvgIpc) is 3.07. The number of hydrogen-bond donors (Lipinski definition) is 3. The van der Waals surface area contributed by atoms with Gasteiger partial charge in [-0.25, -0.2) is 18.8 Å². The second-order valence-electron chi connectivity index (χ2n) is 9.46. The largest absolute Gasteiger partial charge is 0.448 e. The molecule has 3 rings (SSSR count). The van der Waals surface area contributed by atoms with E-state index in [1.165, 1.54) is 12.3 Å². The van der Waals surface area contributed by atoms with Gasteiger partial charge in [-0.2, -0.15) is 4.98 Å². The summed E-state index contributed by atoms with van der Waals surface area (Å²) in [7, 11) is 0. The van der Waals surface area contributed by atoms with E-state index in [1.807, 2.05) is 0 Å². The molecule has 0 spiro atoms. The number of rotatable bonds is 6. The Morgan fingerprint density at radius 2 is 2.09 bits per heavy atom. The molecule has 1 aliphatic heterocycles. The summed E-state index contributed by atoms with van der Waals surface area (Å²) in [6.45, 7) is 8.24. The molecule has 6 atom stereocenters. The average molecular weight is 491 g/mol. The summed E-state index contributed by atoms with van der Waals surface area (Å²) in [4.78, 5) is 40.9. The molecule has 11 nitrogen and oxygen atoms in total. The zero-order valence-electron chi connectivity index (χ0n) is 18.9. The molecule has 1 amide bonds. The van der Waals surface area contributed by atoms with Crippen LogP contribution in [0, 0.1) is 5.92 Å². The molecule has 1 saturated carbocycles. The number of nitrogens with two attached hydrogens (primary N) is 1. The number of carbonyl (C=O) groups is 2. The number of alkyl carbamates (subject to hydrolysis) is 1. The Bertz CT molecular complexity index is 999. The van der Waals surface area contributed by atoms with Gasteiger partial charge in [-0.1, -0.05) is 13.8 Å². The van der Waals surface area contributed by atoms with Crippen LogP contribution in [0.5, 0.6) is 0 Å². The van der Waals surface area contributed by atoms with Crippen molar-refractivity contribution in [2.24, 2.45) is 5.92 Å². The molecule has 1 saturated heterocycles. The van der Waals surface area contributed by atoms with Crippen LogP contribution >= 0.6 is 11.6 Å². The lowest BCUT2D eigenvalue weighted by atomic mass is 10.0. The summed E-state index contributed by atoms with van der Waals surface area (Å²) in [5, 5.41) is 12.9. The molecule has 2 heterocycles. The van der Waals surface area contributed by atoms with E-state index in [1.54, 1.807) is 34.6 Å². The number of aromatic nitrogens is 2. The number of aliphatic hydroxyl groups is 1. The Morgan fingerprint density at radius 1 is 1.45 bits per heavy atom. The van der Waals surface area contributed by atoms with Crippen molar-refractivity contribution < 1.29 is 33.3 Å². The molecule has 1 aromatic heterocycles. The summed E-state index contributed by atoms with van der Waals surface area (Å²) >= 11 is 5.98.